The number of carbonyl (C=O) groups is 1. The quantitative estimate of drug-likeness (QED) is 0.843. The second-order valence-corrected chi connectivity index (χ2v) is 5.21. The fourth-order valence-corrected chi connectivity index (χ4v) is 1.46. The molecule has 0 aromatic carbocycles. The van der Waals surface area contributed by atoms with Crippen molar-refractivity contribution < 1.29 is 19.1 Å². The van der Waals surface area contributed by atoms with Gasteiger partial charge in [-0.05, 0) is 32.9 Å². The molecule has 1 heterocycles. The van der Waals surface area contributed by atoms with Gasteiger partial charge in [-0.15, -0.1) is 0 Å². The highest BCUT2D eigenvalue weighted by Crippen LogP contribution is 2.09. The smallest absolute Gasteiger partial charge is 0.407 e. The molecule has 0 bridgehead atoms. The number of carbonyl (C=O) groups excluding carboxylic acids is 1. The zero-order valence-corrected chi connectivity index (χ0v) is 11.1. The van der Waals surface area contributed by atoms with Crippen molar-refractivity contribution in [3.63, 3.8) is 0 Å². The highest BCUT2D eigenvalue weighted by Gasteiger charge is 2.17. The van der Waals surface area contributed by atoms with Crippen molar-refractivity contribution in [2.75, 3.05) is 13.2 Å². The van der Waals surface area contributed by atoms with E-state index in [0.717, 1.165) is 5.76 Å². The lowest BCUT2D eigenvalue weighted by Gasteiger charge is -2.21. The summed E-state index contributed by atoms with van der Waals surface area (Å²) < 4.78 is 10.3. The third-order valence-corrected chi connectivity index (χ3v) is 2.26. The molecule has 1 rings (SSSR count). The summed E-state index contributed by atoms with van der Waals surface area (Å²) in [5.41, 5.74) is -0.514. The molecule has 0 aliphatic heterocycles. The predicted octanol–water partition coefficient (Wildman–Crippen LogP) is 1.96. The van der Waals surface area contributed by atoms with E-state index in [2.05, 4.69) is 5.32 Å². The zero-order valence-electron chi connectivity index (χ0n) is 11.1. The molecule has 102 valence electrons. The van der Waals surface area contributed by atoms with Gasteiger partial charge >= 0.3 is 6.09 Å². The Balaban J connectivity index is 2.33. The van der Waals surface area contributed by atoms with E-state index in [1.165, 1.54) is 0 Å². The molecule has 0 spiro atoms. The van der Waals surface area contributed by atoms with Gasteiger partial charge in [0, 0.05) is 25.5 Å². The molecule has 0 radical (unpaired) electrons. The molecule has 1 unspecified atom stereocenters. The maximum atomic E-state index is 11.4. The Kier molecular flexibility index (Phi) is 5.22. The number of amides is 1. The fraction of sp³-hybridized carbons (Fsp3) is 0.615. The molecule has 5 nitrogen and oxygen atoms in total. The van der Waals surface area contributed by atoms with Crippen LogP contribution in [0.4, 0.5) is 4.79 Å². The van der Waals surface area contributed by atoms with Gasteiger partial charge in [-0.25, -0.2) is 4.79 Å². The van der Waals surface area contributed by atoms with Crippen molar-refractivity contribution in [1.82, 2.24) is 5.32 Å². The van der Waals surface area contributed by atoms with Crippen LogP contribution in [0, 0.1) is 5.92 Å². The summed E-state index contributed by atoms with van der Waals surface area (Å²) in [7, 11) is 0. The molecule has 1 aromatic heterocycles. The summed E-state index contributed by atoms with van der Waals surface area (Å²) in [5, 5.41) is 11.9. The normalized spacial score (nSPS) is 13.1. The number of rotatable bonds is 5. The van der Waals surface area contributed by atoms with Crippen LogP contribution in [0.2, 0.25) is 0 Å². The van der Waals surface area contributed by atoms with E-state index in [4.69, 9.17) is 9.15 Å². The van der Waals surface area contributed by atoms with Gasteiger partial charge < -0.3 is 19.6 Å². The summed E-state index contributed by atoms with van der Waals surface area (Å²) in [6, 6.07) is 3.64. The summed E-state index contributed by atoms with van der Waals surface area (Å²) in [6.07, 6.45) is 1.70. The number of nitrogens with one attached hydrogen (secondary N) is 1. The number of ether oxygens (including phenoxy) is 1. The Morgan fingerprint density at radius 3 is 2.78 bits per heavy atom. The van der Waals surface area contributed by atoms with Crippen LogP contribution in [0.5, 0.6) is 0 Å². The molecule has 0 saturated heterocycles. The summed E-state index contributed by atoms with van der Waals surface area (Å²) >= 11 is 0. The molecule has 5 heteroatoms. The SMILES string of the molecule is CC(C)(C)OC(=O)NCC(CO)Cc1ccco1. The first-order chi connectivity index (χ1) is 8.40. The van der Waals surface area contributed by atoms with E-state index in [-0.39, 0.29) is 12.5 Å². The second kappa shape index (κ2) is 6.44. The van der Waals surface area contributed by atoms with Crippen LogP contribution >= 0.6 is 0 Å². The van der Waals surface area contributed by atoms with Crippen LogP contribution in [-0.2, 0) is 11.2 Å². The van der Waals surface area contributed by atoms with Crippen molar-refractivity contribution in [3.05, 3.63) is 24.2 Å². The molecule has 0 aliphatic carbocycles. The van der Waals surface area contributed by atoms with E-state index in [9.17, 15) is 9.90 Å². The van der Waals surface area contributed by atoms with Crippen molar-refractivity contribution in [2.45, 2.75) is 32.8 Å². The van der Waals surface area contributed by atoms with E-state index in [0.29, 0.717) is 13.0 Å². The molecular formula is C13H21NO4. The minimum atomic E-state index is -0.514. The number of aliphatic hydroxyl groups excluding tert-OH is 1. The van der Waals surface area contributed by atoms with Gasteiger partial charge in [0.15, 0.2) is 0 Å². The summed E-state index contributed by atoms with van der Waals surface area (Å²) in [5.74, 6) is 0.712. The van der Waals surface area contributed by atoms with Crippen molar-refractivity contribution in [3.8, 4) is 0 Å². The standard InChI is InChI=1S/C13H21NO4/c1-13(2,3)18-12(16)14-8-10(9-15)7-11-5-4-6-17-11/h4-6,10,15H,7-9H2,1-3H3,(H,14,16). The fourth-order valence-electron chi connectivity index (χ4n) is 1.46. The lowest BCUT2D eigenvalue weighted by Crippen LogP contribution is -2.36. The van der Waals surface area contributed by atoms with E-state index in [1.54, 1.807) is 33.1 Å². The highest BCUT2D eigenvalue weighted by atomic mass is 16.6. The van der Waals surface area contributed by atoms with Crippen LogP contribution in [0.1, 0.15) is 26.5 Å². The molecule has 1 atom stereocenters. The Hall–Kier alpha value is -1.49. The van der Waals surface area contributed by atoms with Crippen LogP contribution in [0.3, 0.4) is 0 Å². The minimum Gasteiger partial charge on any atom is -0.469 e. The Morgan fingerprint density at radius 1 is 1.56 bits per heavy atom. The molecule has 0 aliphatic rings. The van der Waals surface area contributed by atoms with Crippen LogP contribution in [0.15, 0.2) is 22.8 Å². The molecule has 1 aromatic rings. The van der Waals surface area contributed by atoms with Crippen LogP contribution < -0.4 is 5.32 Å². The van der Waals surface area contributed by atoms with Gasteiger partial charge in [0.05, 0.1) is 6.26 Å². The average Bonchev–Trinajstić information content (AvgIpc) is 2.74. The molecule has 18 heavy (non-hydrogen) atoms. The van der Waals surface area contributed by atoms with Crippen molar-refractivity contribution in [2.24, 2.45) is 5.92 Å². The van der Waals surface area contributed by atoms with Gasteiger partial charge in [0.2, 0.25) is 0 Å². The first-order valence-electron chi connectivity index (χ1n) is 6.01. The third kappa shape index (κ3) is 5.72. The molecular weight excluding hydrogens is 234 g/mol. The van der Waals surface area contributed by atoms with Gasteiger partial charge in [-0.2, -0.15) is 0 Å². The van der Waals surface area contributed by atoms with E-state index < -0.39 is 11.7 Å². The van der Waals surface area contributed by atoms with Crippen molar-refractivity contribution >= 4 is 6.09 Å². The summed E-state index contributed by atoms with van der Waals surface area (Å²) in [4.78, 5) is 11.4. The highest BCUT2D eigenvalue weighted by molar-refractivity contribution is 5.67. The first kappa shape index (κ1) is 14.6. The Bertz CT molecular complexity index is 354. The largest absolute Gasteiger partial charge is 0.469 e. The third-order valence-electron chi connectivity index (χ3n) is 2.26. The van der Waals surface area contributed by atoms with Crippen LogP contribution in [-0.4, -0.2) is 30.0 Å². The topological polar surface area (TPSA) is 71.7 Å². The van der Waals surface area contributed by atoms with Gasteiger partial charge in [-0.1, -0.05) is 0 Å². The lowest BCUT2D eigenvalue weighted by atomic mass is 10.1. The second-order valence-electron chi connectivity index (χ2n) is 5.21. The number of furan rings is 1. The lowest BCUT2D eigenvalue weighted by molar-refractivity contribution is 0.0512. The number of alkyl carbamates (subject to hydrolysis) is 1. The minimum absolute atomic E-state index is 0.0174. The monoisotopic (exact) mass is 255 g/mol. The number of hydrogen-bond acceptors (Lipinski definition) is 4. The average molecular weight is 255 g/mol. The zero-order chi connectivity index (χ0) is 13.6. The van der Waals surface area contributed by atoms with E-state index in [1.807, 2.05) is 6.07 Å². The molecule has 2 N–H and O–H groups in total. The number of hydrogen-bond donors (Lipinski definition) is 2. The first-order valence-corrected chi connectivity index (χ1v) is 6.01. The maximum absolute atomic E-state index is 11.4. The van der Waals surface area contributed by atoms with Gasteiger partial charge in [-0.3, -0.25) is 0 Å². The van der Waals surface area contributed by atoms with Crippen molar-refractivity contribution in [1.29, 1.82) is 0 Å². The maximum Gasteiger partial charge on any atom is 0.407 e. The van der Waals surface area contributed by atoms with E-state index >= 15 is 0 Å². The Morgan fingerprint density at radius 2 is 2.28 bits per heavy atom. The van der Waals surface area contributed by atoms with Crippen LogP contribution in [0.25, 0.3) is 0 Å². The van der Waals surface area contributed by atoms with Gasteiger partial charge in [0.25, 0.3) is 0 Å². The molecule has 1 amide bonds. The summed E-state index contributed by atoms with van der Waals surface area (Å²) in [6.45, 7) is 5.75. The number of aliphatic hydroxyl groups is 1. The molecule has 0 saturated carbocycles. The predicted molar refractivity (Wildman–Crippen MR) is 67.2 cm³/mol. The van der Waals surface area contributed by atoms with Gasteiger partial charge in [0.1, 0.15) is 11.4 Å². The Labute approximate surface area is 107 Å². The molecule has 0 fully saturated rings.